The highest BCUT2D eigenvalue weighted by Crippen LogP contribution is 2.15. The number of hydrogen-bond acceptors (Lipinski definition) is 13. The lowest BCUT2D eigenvalue weighted by atomic mass is 9.97. The van der Waals surface area contributed by atoms with Crippen molar-refractivity contribution in [2.24, 2.45) is 5.92 Å². The van der Waals surface area contributed by atoms with Crippen LogP contribution >= 0.6 is 0 Å². The first kappa shape index (κ1) is 52.2. The summed E-state index contributed by atoms with van der Waals surface area (Å²) in [6.07, 6.45) is 16.0. The minimum absolute atomic E-state index is 0.00801. The molecule has 0 aliphatic carbocycles. The van der Waals surface area contributed by atoms with Crippen molar-refractivity contribution in [1.82, 2.24) is 31.3 Å². The largest absolute Gasteiger partial charge is 0.481 e. The van der Waals surface area contributed by atoms with Gasteiger partial charge in [0.1, 0.15) is 24.2 Å². The van der Waals surface area contributed by atoms with Crippen molar-refractivity contribution in [2.45, 2.75) is 154 Å². The first-order chi connectivity index (χ1) is 27.8. The van der Waals surface area contributed by atoms with E-state index in [1.54, 1.807) is 6.92 Å². The zero-order valence-electron chi connectivity index (χ0n) is 34.4. The summed E-state index contributed by atoms with van der Waals surface area (Å²) >= 11 is 0. The third-order valence-corrected chi connectivity index (χ3v) is 11.1. The van der Waals surface area contributed by atoms with Crippen molar-refractivity contribution in [3.05, 3.63) is 5.82 Å². The number of nitrogens with zero attached hydrogens (tertiary/aromatic N) is 3. The molecule has 0 aliphatic rings. The molecule has 0 radical (unpaired) electrons. The van der Waals surface area contributed by atoms with Crippen molar-refractivity contribution >= 4 is 45.2 Å². The average Bonchev–Trinajstić information content (AvgIpc) is 3.69. The van der Waals surface area contributed by atoms with Crippen LogP contribution in [0.3, 0.4) is 0 Å². The van der Waals surface area contributed by atoms with E-state index in [1.807, 2.05) is 0 Å². The number of aromatic amines is 1. The fourth-order valence-electron chi connectivity index (χ4n) is 6.20. The molecule has 2 atom stereocenters. The number of carbonyl (C=O) groups is 6. The van der Waals surface area contributed by atoms with E-state index in [9.17, 15) is 42.3 Å². The van der Waals surface area contributed by atoms with Crippen LogP contribution in [0.15, 0.2) is 0 Å². The smallest absolute Gasteiger partial charge is 0.326 e. The number of unbranched alkanes of at least 4 members (excludes halogenated alkanes) is 12. The van der Waals surface area contributed by atoms with Crippen molar-refractivity contribution in [3.63, 3.8) is 0 Å². The topological polar surface area (TPSA) is 274 Å². The number of nitrogens with one attached hydrogen (secondary N) is 3. The Kier molecular flexibility index (Phi) is 29.7. The van der Waals surface area contributed by atoms with E-state index in [-0.39, 0.29) is 95.4 Å². The summed E-state index contributed by atoms with van der Waals surface area (Å²) in [6.45, 7) is 1.89. The molecule has 2 unspecified atom stereocenters. The molecule has 19 heteroatoms. The summed E-state index contributed by atoms with van der Waals surface area (Å²) < 4.78 is 35.3. The van der Waals surface area contributed by atoms with E-state index in [1.165, 1.54) is 51.4 Å². The summed E-state index contributed by atoms with van der Waals surface area (Å²) in [4.78, 5) is 71.4. The second kappa shape index (κ2) is 33.0. The fourth-order valence-corrected chi connectivity index (χ4v) is 7.57. The molecule has 0 saturated heterocycles. The van der Waals surface area contributed by atoms with E-state index in [2.05, 4.69) is 31.3 Å². The SMILES string of the molecule is CCCC(NC(=O)CCC(CC(=O)COCCOCCNC(=O)CCCS(=O)(=O)CC(=O)CCCCCCCCCCCCCCCc1nn[nH]n1)C(=O)O)C(=O)O. The minimum atomic E-state index is -3.59. The zero-order chi connectivity index (χ0) is 42.9. The Morgan fingerprint density at radius 2 is 1.33 bits per heavy atom. The Morgan fingerprint density at radius 1 is 0.707 bits per heavy atom. The molecule has 0 spiro atoms. The molecule has 332 valence electrons. The molecule has 2 amide bonds. The van der Waals surface area contributed by atoms with Gasteiger partial charge in [0, 0.05) is 38.6 Å². The Morgan fingerprint density at radius 3 is 1.91 bits per heavy atom. The van der Waals surface area contributed by atoms with Gasteiger partial charge in [-0.25, -0.2) is 13.2 Å². The molecule has 18 nitrogen and oxygen atoms in total. The highest BCUT2D eigenvalue weighted by Gasteiger charge is 2.24. The van der Waals surface area contributed by atoms with E-state index < -0.39 is 51.2 Å². The highest BCUT2D eigenvalue weighted by molar-refractivity contribution is 7.92. The Hall–Kier alpha value is -3.84. The number of Topliss-reactive ketones (excluding diaryl/α,β-unsaturated/α-hetero) is 2. The molecule has 1 aromatic heterocycles. The van der Waals surface area contributed by atoms with Gasteiger partial charge in [0.05, 0.1) is 31.5 Å². The minimum Gasteiger partial charge on any atom is -0.481 e. The molecule has 0 aliphatic heterocycles. The number of ether oxygens (including phenoxy) is 2. The van der Waals surface area contributed by atoms with Crippen LogP contribution in [0.1, 0.15) is 148 Å². The van der Waals surface area contributed by atoms with Crippen LogP contribution < -0.4 is 10.6 Å². The molecule has 0 saturated carbocycles. The van der Waals surface area contributed by atoms with Crippen molar-refractivity contribution in [3.8, 4) is 0 Å². The lowest BCUT2D eigenvalue weighted by molar-refractivity contribution is -0.145. The monoisotopic (exact) mass is 844 g/mol. The number of aliphatic carboxylic acids is 2. The number of hydrogen-bond donors (Lipinski definition) is 5. The van der Waals surface area contributed by atoms with Gasteiger partial charge < -0.3 is 30.3 Å². The van der Waals surface area contributed by atoms with E-state index in [0.717, 1.165) is 37.9 Å². The molecule has 58 heavy (non-hydrogen) atoms. The number of ketones is 2. The van der Waals surface area contributed by atoms with Gasteiger partial charge in [-0.05, 0) is 32.1 Å². The second-order valence-electron chi connectivity index (χ2n) is 14.7. The van der Waals surface area contributed by atoms with Gasteiger partial charge in [0.2, 0.25) is 11.8 Å². The normalized spacial score (nSPS) is 12.5. The Balaban J connectivity index is 1.98. The summed E-state index contributed by atoms with van der Waals surface area (Å²) in [5.41, 5.74) is 0. The van der Waals surface area contributed by atoms with Crippen LogP contribution in [0.5, 0.6) is 0 Å². The quantitative estimate of drug-likeness (QED) is 0.0586. The van der Waals surface area contributed by atoms with Gasteiger partial charge >= 0.3 is 11.9 Å². The van der Waals surface area contributed by atoms with Crippen molar-refractivity contribution < 1.29 is 56.9 Å². The van der Waals surface area contributed by atoms with Gasteiger partial charge in [0.15, 0.2) is 21.4 Å². The third kappa shape index (κ3) is 29.4. The lowest BCUT2D eigenvalue weighted by Gasteiger charge is -2.15. The van der Waals surface area contributed by atoms with E-state index in [0.29, 0.717) is 12.8 Å². The molecule has 1 heterocycles. The van der Waals surface area contributed by atoms with Gasteiger partial charge in [-0.1, -0.05) is 89.2 Å². The summed E-state index contributed by atoms with van der Waals surface area (Å²) in [5.74, 6) is -5.20. The third-order valence-electron chi connectivity index (χ3n) is 9.44. The lowest BCUT2D eigenvalue weighted by Crippen LogP contribution is -2.40. The number of sulfone groups is 1. The number of aromatic nitrogens is 4. The number of tetrazole rings is 1. The molecular formula is C39H68N6O12S. The number of carbonyl (C=O) groups excluding carboxylic acids is 4. The number of carboxylic acids is 2. The van der Waals surface area contributed by atoms with Crippen LogP contribution in [0, 0.1) is 5.92 Å². The molecule has 5 N–H and O–H groups in total. The van der Waals surface area contributed by atoms with Crippen LogP contribution in [-0.2, 0) is 54.5 Å². The fraction of sp³-hybridized carbons (Fsp3) is 0.821. The van der Waals surface area contributed by atoms with E-state index in [4.69, 9.17) is 14.6 Å². The molecule has 0 aromatic carbocycles. The van der Waals surface area contributed by atoms with Crippen molar-refractivity contribution in [2.75, 3.05) is 44.5 Å². The summed E-state index contributed by atoms with van der Waals surface area (Å²) in [6, 6.07) is -1.05. The van der Waals surface area contributed by atoms with Crippen LogP contribution in [0.25, 0.3) is 0 Å². The number of carboxylic acid groups (broad SMARTS) is 2. The maximum atomic E-state index is 12.4. The summed E-state index contributed by atoms with van der Waals surface area (Å²) in [5, 5.41) is 37.5. The molecule has 0 bridgehead atoms. The second-order valence-corrected chi connectivity index (χ2v) is 16.9. The maximum Gasteiger partial charge on any atom is 0.326 e. The number of H-pyrrole nitrogens is 1. The first-order valence-corrected chi connectivity index (χ1v) is 22.8. The Bertz CT molecular complexity index is 1430. The Labute approximate surface area is 343 Å². The van der Waals surface area contributed by atoms with Gasteiger partial charge in [-0.3, -0.25) is 24.0 Å². The predicted molar refractivity (Wildman–Crippen MR) is 215 cm³/mol. The highest BCUT2D eigenvalue weighted by atomic mass is 32.2. The standard InChI is InChI=1S/C39H68N6O12S/c1-2-17-34(39(52)53)41-37(49)22-21-31(38(50)51)28-33(47)29-57-26-25-56-24-23-40-36(48)20-16-27-58(54,55)30-32(46)18-14-12-10-8-6-4-3-5-7-9-11-13-15-19-35-42-44-45-43-35/h31,34H,2-30H2,1H3,(H,40,48)(H,41,49)(H,50,51)(H,52,53)(H,42,43,44,45). The number of rotatable bonds is 40. The average molecular weight is 845 g/mol. The summed E-state index contributed by atoms with van der Waals surface area (Å²) in [7, 11) is -3.59. The van der Waals surface area contributed by atoms with Crippen molar-refractivity contribution in [1.29, 1.82) is 0 Å². The number of aryl methyl sites for hydroxylation is 1. The number of amides is 2. The van der Waals surface area contributed by atoms with Gasteiger partial charge in [-0.2, -0.15) is 5.21 Å². The first-order valence-electron chi connectivity index (χ1n) is 21.0. The zero-order valence-corrected chi connectivity index (χ0v) is 35.2. The molecule has 0 fully saturated rings. The molecular weight excluding hydrogens is 777 g/mol. The predicted octanol–water partition coefficient (Wildman–Crippen LogP) is 3.93. The van der Waals surface area contributed by atoms with Gasteiger partial charge in [-0.15, -0.1) is 10.2 Å². The molecule has 1 aromatic rings. The van der Waals surface area contributed by atoms with Crippen LogP contribution in [0.4, 0.5) is 0 Å². The van der Waals surface area contributed by atoms with Crippen LogP contribution in [0.2, 0.25) is 0 Å². The maximum absolute atomic E-state index is 12.4. The molecule has 1 rings (SSSR count). The van der Waals surface area contributed by atoms with E-state index >= 15 is 0 Å². The van der Waals surface area contributed by atoms with Crippen LogP contribution in [-0.4, -0.2) is 125 Å². The van der Waals surface area contributed by atoms with Gasteiger partial charge in [0.25, 0.3) is 0 Å².